The van der Waals surface area contributed by atoms with Crippen molar-refractivity contribution in [3.63, 3.8) is 0 Å². The van der Waals surface area contributed by atoms with Gasteiger partial charge in [-0.15, -0.1) is 0 Å². The van der Waals surface area contributed by atoms with Crippen LogP contribution in [0.5, 0.6) is 0 Å². The van der Waals surface area contributed by atoms with E-state index in [4.69, 9.17) is 4.74 Å². The zero-order valence-corrected chi connectivity index (χ0v) is 16.7. The van der Waals surface area contributed by atoms with E-state index in [2.05, 4.69) is 41.2 Å². The van der Waals surface area contributed by atoms with Crippen LogP contribution in [-0.2, 0) is 4.74 Å². The third kappa shape index (κ3) is 4.79. The zero-order chi connectivity index (χ0) is 20.8. The Balaban J connectivity index is 1.76. The fourth-order valence-corrected chi connectivity index (χ4v) is 3.03. The monoisotopic (exact) mass is 389 g/mol. The Morgan fingerprint density at radius 3 is 2.48 bits per heavy atom. The summed E-state index contributed by atoms with van der Waals surface area (Å²) in [6.45, 7) is 4.90. The lowest BCUT2D eigenvalue weighted by molar-refractivity contribution is 0.0600. The van der Waals surface area contributed by atoms with E-state index in [0.29, 0.717) is 11.3 Å². The van der Waals surface area contributed by atoms with Gasteiger partial charge in [-0.3, -0.25) is 4.79 Å². The predicted molar refractivity (Wildman–Crippen MR) is 114 cm³/mol. The van der Waals surface area contributed by atoms with Gasteiger partial charge in [-0.25, -0.2) is 9.78 Å². The van der Waals surface area contributed by atoms with E-state index in [-0.39, 0.29) is 11.6 Å². The van der Waals surface area contributed by atoms with E-state index in [1.165, 1.54) is 12.7 Å². The van der Waals surface area contributed by atoms with Crippen LogP contribution in [-0.4, -0.2) is 30.5 Å². The molecule has 1 aromatic heterocycles. The zero-order valence-electron chi connectivity index (χ0n) is 16.7. The van der Waals surface area contributed by atoms with Crippen molar-refractivity contribution in [2.45, 2.75) is 13.8 Å². The topological polar surface area (TPSA) is 71.5 Å². The molecule has 0 radical (unpaired) electrons. The molecule has 0 aliphatic rings. The van der Waals surface area contributed by atoms with Crippen molar-refractivity contribution in [2.75, 3.05) is 23.9 Å². The maximum Gasteiger partial charge on any atom is 0.337 e. The van der Waals surface area contributed by atoms with Crippen LogP contribution >= 0.6 is 0 Å². The van der Waals surface area contributed by atoms with Crippen LogP contribution in [0, 0.1) is 6.92 Å². The number of aromatic nitrogens is 1. The highest BCUT2D eigenvalue weighted by molar-refractivity contribution is 6.03. The number of rotatable bonds is 6. The van der Waals surface area contributed by atoms with Gasteiger partial charge in [0.15, 0.2) is 0 Å². The largest absolute Gasteiger partial charge is 0.465 e. The standard InChI is InChI=1S/C23H23N3O3/c1-4-26(19-10-5-7-16(2)13-19)20-11-12-21(24-15-20)22(27)25-18-9-6-8-17(14-18)23(28)29-3/h5-15H,4H2,1-3H3,(H,25,27). The fourth-order valence-electron chi connectivity index (χ4n) is 3.03. The molecule has 29 heavy (non-hydrogen) atoms. The van der Waals surface area contributed by atoms with Gasteiger partial charge in [0.2, 0.25) is 0 Å². The van der Waals surface area contributed by atoms with Gasteiger partial charge in [-0.05, 0) is 61.9 Å². The Hall–Kier alpha value is -3.67. The first kappa shape index (κ1) is 20.1. The van der Waals surface area contributed by atoms with E-state index >= 15 is 0 Å². The van der Waals surface area contributed by atoms with Crippen LogP contribution in [0.1, 0.15) is 33.3 Å². The molecule has 3 rings (SSSR count). The first-order valence-electron chi connectivity index (χ1n) is 9.32. The van der Waals surface area contributed by atoms with Gasteiger partial charge in [0.05, 0.1) is 24.6 Å². The number of anilines is 3. The Labute approximate surface area is 170 Å². The molecule has 6 heteroatoms. The lowest BCUT2D eigenvalue weighted by atomic mass is 10.2. The van der Waals surface area contributed by atoms with Crippen molar-refractivity contribution in [3.8, 4) is 0 Å². The number of methoxy groups -OCH3 is 1. The Morgan fingerprint density at radius 1 is 1.03 bits per heavy atom. The van der Waals surface area contributed by atoms with Gasteiger partial charge in [0.25, 0.3) is 5.91 Å². The summed E-state index contributed by atoms with van der Waals surface area (Å²) in [5.41, 5.74) is 4.31. The molecule has 0 aliphatic heterocycles. The summed E-state index contributed by atoms with van der Waals surface area (Å²) in [7, 11) is 1.31. The third-order valence-corrected chi connectivity index (χ3v) is 4.46. The molecule has 0 aliphatic carbocycles. The fraction of sp³-hybridized carbons (Fsp3) is 0.174. The molecule has 0 bridgehead atoms. The van der Waals surface area contributed by atoms with E-state index in [9.17, 15) is 9.59 Å². The van der Waals surface area contributed by atoms with Gasteiger partial charge >= 0.3 is 5.97 Å². The third-order valence-electron chi connectivity index (χ3n) is 4.46. The van der Waals surface area contributed by atoms with Crippen molar-refractivity contribution in [2.24, 2.45) is 0 Å². The maximum absolute atomic E-state index is 12.5. The van der Waals surface area contributed by atoms with Gasteiger partial charge in [-0.1, -0.05) is 18.2 Å². The van der Waals surface area contributed by atoms with Crippen molar-refractivity contribution in [1.29, 1.82) is 0 Å². The number of hydrogen-bond acceptors (Lipinski definition) is 5. The normalized spacial score (nSPS) is 10.3. The molecule has 3 aromatic rings. The number of carbonyl (C=O) groups excluding carboxylic acids is 2. The van der Waals surface area contributed by atoms with Crippen molar-refractivity contribution < 1.29 is 14.3 Å². The molecule has 0 saturated heterocycles. The minimum Gasteiger partial charge on any atom is -0.465 e. The summed E-state index contributed by atoms with van der Waals surface area (Å²) in [5, 5.41) is 2.76. The van der Waals surface area contributed by atoms with Gasteiger partial charge in [-0.2, -0.15) is 0 Å². The molecular formula is C23H23N3O3. The van der Waals surface area contributed by atoms with E-state index < -0.39 is 5.97 Å². The highest BCUT2D eigenvalue weighted by Gasteiger charge is 2.13. The Bertz CT molecular complexity index is 1020. The number of aryl methyl sites for hydroxylation is 1. The molecule has 1 heterocycles. The summed E-state index contributed by atoms with van der Waals surface area (Å²) in [6.07, 6.45) is 1.69. The summed E-state index contributed by atoms with van der Waals surface area (Å²) in [4.78, 5) is 30.6. The Morgan fingerprint density at radius 2 is 1.83 bits per heavy atom. The van der Waals surface area contributed by atoms with Crippen LogP contribution in [0.15, 0.2) is 66.9 Å². The number of amides is 1. The lowest BCUT2D eigenvalue weighted by Crippen LogP contribution is -2.18. The SMILES string of the molecule is CCN(c1ccc(C(=O)Nc2cccc(C(=O)OC)c2)nc1)c1cccc(C)c1. The minimum absolute atomic E-state index is 0.289. The molecule has 0 atom stereocenters. The molecule has 1 amide bonds. The average molecular weight is 389 g/mol. The first-order chi connectivity index (χ1) is 14.0. The summed E-state index contributed by atoms with van der Waals surface area (Å²) in [5.74, 6) is -0.809. The van der Waals surface area contributed by atoms with Crippen LogP contribution < -0.4 is 10.2 Å². The number of hydrogen-bond donors (Lipinski definition) is 1. The highest BCUT2D eigenvalue weighted by Crippen LogP contribution is 2.25. The van der Waals surface area contributed by atoms with E-state index in [1.54, 1.807) is 36.5 Å². The smallest absolute Gasteiger partial charge is 0.337 e. The predicted octanol–water partition coefficient (Wildman–Crippen LogP) is 4.59. The number of nitrogens with zero attached hydrogens (tertiary/aromatic N) is 2. The van der Waals surface area contributed by atoms with Crippen molar-refractivity contribution in [3.05, 3.63) is 83.7 Å². The summed E-state index contributed by atoms with van der Waals surface area (Å²) < 4.78 is 4.70. The van der Waals surface area contributed by atoms with Crippen molar-refractivity contribution in [1.82, 2.24) is 4.98 Å². The van der Waals surface area contributed by atoms with Gasteiger partial charge in [0, 0.05) is 17.9 Å². The minimum atomic E-state index is -0.459. The molecule has 0 saturated carbocycles. The molecule has 148 valence electrons. The molecule has 0 spiro atoms. The molecule has 2 aromatic carbocycles. The Kier molecular flexibility index (Phi) is 6.24. The van der Waals surface area contributed by atoms with Gasteiger partial charge in [0.1, 0.15) is 5.69 Å². The molecule has 6 nitrogen and oxygen atoms in total. The molecule has 0 unspecified atom stereocenters. The average Bonchev–Trinajstić information content (AvgIpc) is 2.74. The number of nitrogens with one attached hydrogen (secondary N) is 1. The highest BCUT2D eigenvalue weighted by atomic mass is 16.5. The number of ether oxygens (including phenoxy) is 1. The van der Waals surface area contributed by atoms with Crippen LogP contribution in [0.4, 0.5) is 17.1 Å². The quantitative estimate of drug-likeness (QED) is 0.625. The molecule has 0 fully saturated rings. The summed E-state index contributed by atoms with van der Waals surface area (Å²) in [6, 6.07) is 18.4. The number of esters is 1. The number of benzene rings is 2. The maximum atomic E-state index is 12.5. The molecular weight excluding hydrogens is 366 g/mol. The molecule has 1 N–H and O–H groups in total. The van der Waals surface area contributed by atoms with Crippen LogP contribution in [0.2, 0.25) is 0 Å². The van der Waals surface area contributed by atoms with Gasteiger partial charge < -0.3 is 15.0 Å². The van der Waals surface area contributed by atoms with E-state index in [1.807, 2.05) is 18.2 Å². The summed E-state index contributed by atoms with van der Waals surface area (Å²) >= 11 is 0. The first-order valence-corrected chi connectivity index (χ1v) is 9.32. The second kappa shape index (κ2) is 9.01. The second-order valence-corrected chi connectivity index (χ2v) is 6.51. The second-order valence-electron chi connectivity index (χ2n) is 6.51. The lowest BCUT2D eigenvalue weighted by Gasteiger charge is -2.23. The van der Waals surface area contributed by atoms with Crippen LogP contribution in [0.3, 0.4) is 0 Å². The van der Waals surface area contributed by atoms with Crippen LogP contribution in [0.25, 0.3) is 0 Å². The van der Waals surface area contributed by atoms with E-state index in [0.717, 1.165) is 17.9 Å². The number of carbonyl (C=O) groups is 2. The van der Waals surface area contributed by atoms with Crippen molar-refractivity contribution >= 4 is 28.9 Å². The number of pyridine rings is 1.